The van der Waals surface area contributed by atoms with Gasteiger partial charge in [-0.05, 0) is 25.7 Å². The monoisotopic (exact) mass is 186 g/mol. The van der Waals surface area contributed by atoms with Gasteiger partial charge in [-0.3, -0.25) is 0 Å². The predicted molar refractivity (Wildman–Crippen MR) is 54.0 cm³/mol. The van der Waals surface area contributed by atoms with Gasteiger partial charge in [0, 0.05) is 10.8 Å². The summed E-state index contributed by atoms with van der Waals surface area (Å²) in [5.74, 6) is 0. The fourth-order valence-electron chi connectivity index (χ4n) is 4.12. The molecule has 0 spiro atoms. The lowest BCUT2D eigenvalue weighted by Crippen LogP contribution is -2.65. The summed E-state index contributed by atoms with van der Waals surface area (Å²) < 4.78 is 0. The standard InChI is InChI=1S/C12H14N2/c1-2-6-12-8-7-11(12,5-1)9-3-4-10(12)14-13-9/h1-2,5-6,9-10H,3-4,7-8H2/t9-,10+,11+,12-. The maximum atomic E-state index is 4.49. The number of hydrogen-bond acceptors (Lipinski definition) is 2. The molecule has 0 radical (unpaired) electrons. The van der Waals surface area contributed by atoms with Crippen LogP contribution in [0.1, 0.15) is 25.7 Å². The van der Waals surface area contributed by atoms with Gasteiger partial charge >= 0.3 is 0 Å². The van der Waals surface area contributed by atoms with E-state index in [-0.39, 0.29) is 0 Å². The summed E-state index contributed by atoms with van der Waals surface area (Å²) >= 11 is 0. The van der Waals surface area contributed by atoms with Crippen molar-refractivity contribution in [3.8, 4) is 0 Å². The molecular formula is C12H14N2. The van der Waals surface area contributed by atoms with Crippen molar-refractivity contribution in [1.29, 1.82) is 0 Å². The summed E-state index contributed by atoms with van der Waals surface area (Å²) in [6.07, 6.45) is 14.4. The highest BCUT2D eigenvalue weighted by atomic mass is 15.2. The molecule has 0 unspecified atom stereocenters. The summed E-state index contributed by atoms with van der Waals surface area (Å²) in [5.41, 5.74) is 0.763. The van der Waals surface area contributed by atoms with E-state index in [9.17, 15) is 0 Å². The van der Waals surface area contributed by atoms with Crippen LogP contribution in [0.3, 0.4) is 0 Å². The first kappa shape index (κ1) is 7.38. The number of allylic oxidation sites excluding steroid dienone is 2. The van der Waals surface area contributed by atoms with Crippen LogP contribution in [-0.2, 0) is 0 Å². The molecule has 2 heteroatoms. The number of azo groups is 1. The summed E-state index contributed by atoms with van der Waals surface area (Å²) in [6.45, 7) is 0. The second kappa shape index (κ2) is 2.02. The summed E-state index contributed by atoms with van der Waals surface area (Å²) in [6, 6.07) is 0.977. The van der Waals surface area contributed by atoms with Crippen molar-refractivity contribution in [2.75, 3.05) is 0 Å². The van der Waals surface area contributed by atoms with E-state index in [0.29, 0.717) is 22.9 Å². The SMILES string of the molecule is C1=C[C@@]23CC[C@]2(C=C1)[C@@H]1CC[C@H]3N=N1. The fraction of sp³-hybridized carbons (Fsp3) is 0.667. The molecule has 2 saturated carbocycles. The Morgan fingerprint density at radius 2 is 1.36 bits per heavy atom. The van der Waals surface area contributed by atoms with Gasteiger partial charge in [-0.15, -0.1) is 0 Å². The molecule has 2 fully saturated rings. The van der Waals surface area contributed by atoms with Gasteiger partial charge in [-0.2, -0.15) is 10.2 Å². The zero-order valence-electron chi connectivity index (χ0n) is 8.19. The molecule has 4 atom stereocenters. The Kier molecular flexibility index (Phi) is 1.07. The molecule has 2 bridgehead atoms. The highest BCUT2D eigenvalue weighted by Gasteiger charge is 2.68. The summed E-state index contributed by atoms with van der Waals surface area (Å²) in [5, 5.41) is 8.98. The van der Waals surface area contributed by atoms with Gasteiger partial charge in [0.2, 0.25) is 0 Å². The first-order valence-corrected chi connectivity index (χ1v) is 5.64. The fourth-order valence-corrected chi connectivity index (χ4v) is 4.12. The van der Waals surface area contributed by atoms with Crippen molar-refractivity contribution < 1.29 is 0 Å². The van der Waals surface area contributed by atoms with Crippen molar-refractivity contribution in [2.24, 2.45) is 21.1 Å². The molecule has 5 rings (SSSR count). The molecule has 2 nitrogen and oxygen atoms in total. The third-order valence-corrected chi connectivity index (χ3v) is 4.97. The molecule has 0 aromatic carbocycles. The molecule has 0 aromatic rings. The zero-order chi connectivity index (χ0) is 9.23. The zero-order valence-corrected chi connectivity index (χ0v) is 8.19. The van der Waals surface area contributed by atoms with Crippen LogP contribution in [-0.4, -0.2) is 12.1 Å². The highest BCUT2D eigenvalue weighted by Crippen LogP contribution is 2.70. The largest absolute Gasteiger partial charge is 0.190 e. The molecule has 5 aliphatic rings. The lowest BCUT2D eigenvalue weighted by Gasteiger charge is -2.66. The predicted octanol–water partition coefficient (Wildman–Crippen LogP) is 2.88. The van der Waals surface area contributed by atoms with Crippen molar-refractivity contribution in [3.05, 3.63) is 24.3 Å². The minimum atomic E-state index is 0.381. The van der Waals surface area contributed by atoms with E-state index in [2.05, 4.69) is 34.5 Å². The molecule has 72 valence electrons. The number of hydrogen-bond donors (Lipinski definition) is 0. The Bertz CT molecular complexity index is 346. The quantitative estimate of drug-likeness (QED) is 0.555. The van der Waals surface area contributed by atoms with Crippen LogP contribution in [0.25, 0.3) is 0 Å². The Hall–Kier alpha value is -0.920. The topological polar surface area (TPSA) is 24.7 Å². The minimum Gasteiger partial charge on any atom is -0.190 e. The van der Waals surface area contributed by atoms with Gasteiger partial charge in [-0.25, -0.2) is 0 Å². The lowest BCUT2D eigenvalue weighted by molar-refractivity contribution is -0.0918. The van der Waals surface area contributed by atoms with E-state index in [1.807, 2.05) is 0 Å². The Morgan fingerprint density at radius 1 is 0.857 bits per heavy atom. The van der Waals surface area contributed by atoms with Crippen LogP contribution in [0.5, 0.6) is 0 Å². The van der Waals surface area contributed by atoms with Crippen molar-refractivity contribution in [3.63, 3.8) is 0 Å². The van der Waals surface area contributed by atoms with Crippen LogP contribution >= 0.6 is 0 Å². The molecule has 0 saturated heterocycles. The first-order chi connectivity index (χ1) is 6.87. The number of fused-ring (bicyclic) bond motifs is 1. The average Bonchev–Trinajstić information content (AvgIpc) is 2.22. The van der Waals surface area contributed by atoms with E-state index in [1.54, 1.807) is 0 Å². The smallest absolute Gasteiger partial charge is 0.0808 e. The van der Waals surface area contributed by atoms with Crippen molar-refractivity contribution in [2.45, 2.75) is 37.8 Å². The summed E-state index contributed by atoms with van der Waals surface area (Å²) in [7, 11) is 0. The van der Waals surface area contributed by atoms with Gasteiger partial charge in [0.1, 0.15) is 0 Å². The van der Waals surface area contributed by atoms with E-state index in [1.165, 1.54) is 25.7 Å². The molecule has 0 amide bonds. The second-order valence-electron chi connectivity index (χ2n) is 5.14. The maximum Gasteiger partial charge on any atom is 0.0808 e. The Balaban J connectivity index is 1.97. The third-order valence-electron chi connectivity index (χ3n) is 4.97. The van der Waals surface area contributed by atoms with Crippen LogP contribution < -0.4 is 0 Å². The van der Waals surface area contributed by atoms with Crippen LogP contribution in [0, 0.1) is 10.8 Å². The normalized spacial score (nSPS) is 56.6. The van der Waals surface area contributed by atoms with Gasteiger partial charge in [0.05, 0.1) is 12.1 Å². The number of rotatable bonds is 0. The van der Waals surface area contributed by atoms with E-state index in [0.717, 1.165) is 0 Å². The average molecular weight is 186 g/mol. The Morgan fingerprint density at radius 3 is 1.71 bits per heavy atom. The van der Waals surface area contributed by atoms with Gasteiger partial charge < -0.3 is 0 Å². The van der Waals surface area contributed by atoms with E-state index < -0.39 is 0 Å². The van der Waals surface area contributed by atoms with Gasteiger partial charge in [0.25, 0.3) is 0 Å². The van der Waals surface area contributed by atoms with Gasteiger partial charge in [-0.1, -0.05) is 24.3 Å². The maximum absolute atomic E-state index is 4.49. The molecule has 0 aromatic heterocycles. The van der Waals surface area contributed by atoms with Gasteiger partial charge in [0.15, 0.2) is 0 Å². The molecule has 0 N–H and O–H groups in total. The lowest BCUT2D eigenvalue weighted by atomic mass is 9.39. The Labute approximate surface area is 83.8 Å². The van der Waals surface area contributed by atoms with Crippen molar-refractivity contribution in [1.82, 2.24) is 0 Å². The van der Waals surface area contributed by atoms with Crippen molar-refractivity contribution >= 4 is 0 Å². The summed E-state index contributed by atoms with van der Waals surface area (Å²) in [4.78, 5) is 0. The molecule has 3 aliphatic carbocycles. The molecule has 14 heavy (non-hydrogen) atoms. The number of nitrogens with zero attached hydrogens (tertiary/aromatic N) is 2. The van der Waals surface area contributed by atoms with E-state index >= 15 is 0 Å². The second-order valence-corrected chi connectivity index (χ2v) is 5.14. The van der Waals surface area contributed by atoms with Crippen LogP contribution in [0.4, 0.5) is 0 Å². The molecular weight excluding hydrogens is 172 g/mol. The van der Waals surface area contributed by atoms with Crippen LogP contribution in [0.2, 0.25) is 0 Å². The highest BCUT2D eigenvalue weighted by molar-refractivity contribution is 5.37. The first-order valence-electron chi connectivity index (χ1n) is 5.64. The molecule has 2 heterocycles. The molecule has 2 aliphatic heterocycles. The minimum absolute atomic E-state index is 0.381. The van der Waals surface area contributed by atoms with E-state index in [4.69, 9.17) is 0 Å². The van der Waals surface area contributed by atoms with Crippen LogP contribution in [0.15, 0.2) is 34.5 Å². The third kappa shape index (κ3) is 0.530.